The first-order chi connectivity index (χ1) is 13.2. The SMILES string of the molecule is CCNC(=NCc1cccc(OCCN2CCOCC2)c1)NC(C)COC. The summed E-state index contributed by atoms with van der Waals surface area (Å²) in [6.45, 7) is 11.4. The fourth-order valence-electron chi connectivity index (χ4n) is 2.87. The lowest BCUT2D eigenvalue weighted by Crippen LogP contribution is -2.43. The normalized spacial score (nSPS) is 16.8. The summed E-state index contributed by atoms with van der Waals surface area (Å²) in [4.78, 5) is 7.03. The summed E-state index contributed by atoms with van der Waals surface area (Å²) in [6, 6.07) is 8.34. The van der Waals surface area contributed by atoms with Crippen LogP contribution in [-0.4, -0.2) is 76.6 Å². The molecule has 27 heavy (non-hydrogen) atoms. The van der Waals surface area contributed by atoms with Gasteiger partial charge in [0.1, 0.15) is 12.4 Å². The molecular formula is C20H34N4O3. The minimum atomic E-state index is 0.197. The molecule has 0 spiro atoms. The quantitative estimate of drug-likeness (QED) is 0.475. The minimum absolute atomic E-state index is 0.197. The van der Waals surface area contributed by atoms with Crippen molar-refractivity contribution in [3.8, 4) is 5.75 Å². The van der Waals surface area contributed by atoms with Crippen LogP contribution in [0.25, 0.3) is 0 Å². The Hall–Kier alpha value is -1.83. The van der Waals surface area contributed by atoms with Gasteiger partial charge in [0.05, 0.1) is 26.4 Å². The maximum absolute atomic E-state index is 5.92. The number of nitrogens with zero attached hydrogens (tertiary/aromatic N) is 2. The molecule has 0 amide bonds. The zero-order chi connectivity index (χ0) is 19.3. The predicted molar refractivity (Wildman–Crippen MR) is 108 cm³/mol. The number of guanidine groups is 1. The molecule has 7 heteroatoms. The summed E-state index contributed by atoms with van der Waals surface area (Å²) >= 11 is 0. The van der Waals surface area contributed by atoms with Gasteiger partial charge in [-0.1, -0.05) is 12.1 Å². The Labute approximate surface area is 163 Å². The van der Waals surface area contributed by atoms with Crippen LogP contribution >= 0.6 is 0 Å². The van der Waals surface area contributed by atoms with E-state index in [0.29, 0.717) is 19.8 Å². The van der Waals surface area contributed by atoms with Gasteiger partial charge >= 0.3 is 0 Å². The molecule has 0 saturated carbocycles. The van der Waals surface area contributed by atoms with E-state index in [1.807, 2.05) is 12.1 Å². The second kappa shape index (κ2) is 12.5. The van der Waals surface area contributed by atoms with E-state index in [9.17, 15) is 0 Å². The van der Waals surface area contributed by atoms with Gasteiger partial charge in [0.25, 0.3) is 0 Å². The lowest BCUT2D eigenvalue weighted by molar-refractivity contribution is 0.0322. The van der Waals surface area contributed by atoms with E-state index < -0.39 is 0 Å². The molecule has 1 aromatic rings. The molecule has 1 aromatic carbocycles. The molecule has 2 N–H and O–H groups in total. The number of aliphatic imine (C=N–C) groups is 1. The van der Waals surface area contributed by atoms with E-state index in [2.05, 4.69) is 46.5 Å². The topological polar surface area (TPSA) is 67.4 Å². The van der Waals surface area contributed by atoms with Crippen molar-refractivity contribution >= 4 is 5.96 Å². The molecule has 152 valence electrons. The molecule has 1 unspecified atom stereocenters. The van der Waals surface area contributed by atoms with Crippen molar-refractivity contribution in [1.29, 1.82) is 0 Å². The van der Waals surface area contributed by atoms with E-state index in [1.54, 1.807) is 7.11 Å². The highest BCUT2D eigenvalue weighted by molar-refractivity contribution is 5.80. The summed E-state index contributed by atoms with van der Waals surface area (Å²) in [6.07, 6.45) is 0. The maximum atomic E-state index is 5.92. The summed E-state index contributed by atoms with van der Waals surface area (Å²) in [5, 5.41) is 6.61. The van der Waals surface area contributed by atoms with Crippen LogP contribution in [0.4, 0.5) is 0 Å². The van der Waals surface area contributed by atoms with Crippen LogP contribution in [0.5, 0.6) is 5.75 Å². The summed E-state index contributed by atoms with van der Waals surface area (Å²) in [5.74, 6) is 1.68. The number of hydrogen-bond acceptors (Lipinski definition) is 5. The maximum Gasteiger partial charge on any atom is 0.191 e. The van der Waals surface area contributed by atoms with E-state index >= 15 is 0 Å². The van der Waals surface area contributed by atoms with Crippen molar-refractivity contribution < 1.29 is 14.2 Å². The third kappa shape index (κ3) is 8.60. The Kier molecular flexibility index (Phi) is 9.97. The van der Waals surface area contributed by atoms with Gasteiger partial charge in [0.2, 0.25) is 0 Å². The molecular weight excluding hydrogens is 344 g/mol. The van der Waals surface area contributed by atoms with Crippen molar-refractivity contribution in [2.24, 2.45) is 4.99 Å². The van der Waals surface area contributed by atoms with Gasteiger partial charge in [0.15, 0.2) is 5.96 Å². The van der Waals surface area contributed by atoms with Gasteiger partial charge in [-0.2, -0.15) is 0 Å². The smallest absolute Gasteiger partial charge is 0.191 e. The van der Waals surface area contributed by atoms with Crippen molar-refractivity contribution in [3.63, 3.8) is 0 Å². The minimum Gasteiger partial charge on any atom is -0.492 e. The highest BCUT2D eigenvalue weighted by atomic mass is 16.5. The van der Waals surface area contributed by atoms with Crippen LogP contribution in [0.15, 0.2) is 29.3 Å². The first-order valence-electron chi connectivity index (χ1n) is 9.77. The average Bonchev–Trinajstić information content (AvgIpc) is 2.68. The second-order valence-electron chi connectivity index (χ2n) is 6.65. The largest absolute Gasteiger partial charge is 0.492 e. The van der Waals surface area contributed by atoms with Crippen LogP contribution in [0, 0.1) is 0 Å². The fourth-order valence-corrected chi connectivity index (χ4v) is 2.87. The molecule has 1 saturated heterocycles. The number of methoxy groups -OCH3 is 1. The molecule has 1 aliphatic heterocycles. The highest BCUT2D eigenvalue weighted by Crippen LogP contribution is 2.14. The monoisotopic (exact) mass is 378 g/mol. The zero-order valence-electron chi connectivity index (χ0n) is 16.9. The number of hydrogen-bond donors (Lipinski definition) is 2. The summed E-state index contributed by atoms with van der Waals surface area (Å²) in [7, 11) is 1.70. The van der Waals surface area contributed by atoms with Gasteiger partial charge in [-0.3, -0.25) is 4.90 Å². The van der Waals surface area contributed by atoms with Gasteiger partial charge < -0.3 is 24.8 Å². The van der Waals surface area contributed by atoms with E-state index in [-0.39, 0.29) is 6.04 Å². The molecule has 0 radical (unpaired) electrons. The van der Waals surface area contributed by atoms with Crippen molar-refractivity contribution in [2.45, 2.75) is 26.4 Å². The van der Waals surface area contributed by atoms with Crippen LogP contribution in [0.2, 0.25) is 0 Å². The van der Waals surface area contributed by atoms with Crippen LogP contribution in [0.3, 0.4) is 0 Å². The number of nitrogens with one attached hydrogen (secondary N) is 2. The Morgan fingerprint density at radius 2 is 2.15 bits per heavy atom. The van der Waals surface area contributed by atoms with E-state index in [4.69, 9.17) is 14.2 Å². The lowest BCUT2D eigenvalue weighted by Gasteiger charge is -2.26. The van der Waals surface area contributed by atoms with Gasteiger partial charge in [-0.05, 0) is 31.5 Å². The predicted octanol–water partition coefficient (Wildman–Crippen LogP) is 1.49. The van der Waals surface area contributed by atoms with Crippen LogP contribution in [-0.2, 0) is 16.0 Å². The van der Waals surface area contributed by atoms with Gasteiger partial charge in [-0.15, -0.1) is 0 Å². The fraction of sp³-hybridized carbons (Fsp3) is 0.650. The third-order valence-electron chi connectivity index (χ3n) is 4.24. The van der Waals surface area contributed by atoms with E-state index in [0.717, 1.165) is 56.7 Å². The van der Waals surface area contributed by atoms with Crippen LogP contribution in [0.1, 0.15) is 19.4 Å². The first-order valence-corrected chi connectivity index (χ1v) is 9.77. The molecule has 0 aromatic heterocycles. The van der Waals surface area contributed by atoms with Crippen LogP contribution < -0.4 is 15.4 Å². The van der Waals surface area contributed by atoms with Crippen molar-refractivity contribution in [1.82, 2.24) is 15.5 Å². The Balaban J connectivity index is 1.83. The van der Waals surface area contributed by atoms with E-state index in [1.165, 1.54) is 0 Å². The molecule has 2 rings (SSSR count). The number of benzene rings is 1. The third-order valence-corrected chi connectivity index (χ3v) is 4.24. The number of rotatable bonds is 10. The molecule has 1 atom stereocenters. The Morgan fingerprint density at radius 1 is 1.33 bits per heavy atom. The molecule has 0 bridgehead atoms. The van der Waals surface area contributed by atoms with Gasteiger partial charge in [-0.25, -0.2) is 4.99 Å². The standard InChI is InChI=1S/C20H34N4O3/c1-4-21-20(23-17(2)16-25-3)22-15-18-6-5-7-19(14-18)27-13-10-24-8-11-26-12-9-24/h5-7,14,17H,4,8-13,15-16H2,1-3H3,(H2,21,22,23). The molecule has 0 aliphatic carbocycles. The zero-order valence-corrected chi connectivity index (χ0v) is 16.9. The van der Waals surface area contributed by atoms with Crippen molar-refractivity contribution in [3.05, 3.63) is 29.8 Å². The number of ether oxygens (including phenoxy) is 3. The lowest BCUT2D eigenvalue weighted by atomic mass is 10.2. The first kappa shape index (κ1) is 21.5. The second-order valence-corrected chi connectivity index (χ2v) is 6.65. The molecule has 1 fully saturated rings. The Morgan fingerprint density at radius 3 is 2.89 bits per heavy atom. The molecule has 1 aliphatic rings. The molecule has 1 heterocycles. The highest BCUT2D eigenvalue weighted by Gasteiger charge is 2.10. The molecule has 7 nitrogen and oxygen atoms in total. The van der Waals surface area contributed by atoms with Gasteiger partial charge in [0, 0.05) is 39.3 Å². The number of morpholine rings is 1. The average molecular weight is 379 g/mol. The Bertz CT molecular complexity index is 562. The summed E-state index contributed by atoms with van der Waals surface area (Å²) < 4.78 is 16.5. The summed E-state index contributed by atoms with van der Waals surface area (Å²) in [5.41, 5.74) is 1.12. The van der Waals surface area contributed by atoms with Crippen molar-refractivity contribution in [2.75, 3.05) is 59.7 Å².